The molecule has 0 saturated carbocycles. The number of hydrogen-bond donors (Lipinski definition) is 3. The topological polar surface area (TPSA) is 116 Å². The Bertz CT molecular complexity index is 1160. The van der Waals surface area contributed by atoms with Crippen LogP contribution in [0.1, 0.15) is 26.4 Å². The van der Waals surface area contributed by atoms with E-state index in [2.05, 4.69) is 54.7 Å². The summed E-state index contributed by atoms with van der Waals surface area (Å²) in [4.78, 5) is 38.0. The number of carbonyl (C=O) groups is 2. The second kappa shape index (κ2) is 11.5. The van der Waals surface area contributed by atoms with Crippen molar-refractivity contribution in [1.82, 2.24) is 30.4 Å². The monoisotopic (exact) mass is 473 g/mol. The van der Waals surface area contributed by atoms with E-state index in [1.807, 2.05) is 12.1 Å². The van der Waals surface area contributed by atoms with Crippen LogP contribution in [0.15, 0.2) is 60.8 Å². The van der Waals surface area contributed by atoms with Crippen molar-refractivity contribution >= 4 is 17.6 Å². The molecule has 4 N–H and O–H groups in total. The molecule has 1 aromatic heterocycles. The average Bonchev–Trinajstić information content (AvgIpc) is 2.90. The van der Waals surface area contributed by atoms with E-state index in [-0.39, 0.29) is 17.4 Å². The maximum absolute atomic E-state index is 12.7. The van der Waals surface area contributed by atoms with E-state index < -0.39 is 5.91 Å². The van der Waals surface area contributed by atoms with Crippen molar-refractivity contribution in [2.45, 2.75) is 6.54 Å². The highest BCUT2D eigenvalue weighted by molar-refractivity contribution is 5.97. The summed E-state index contributed by atoms with van der Waals surface area (Å²) in [6, 6.07) is 17.6. The minimum absolute atomic E-state index is 0.0582. The molecule has 2 heterocycles. The Labute approximate surface area is 205 Å². The smallest absolute Gasteiger partial charge is 0.273 e. The lowest BCUT2D eigenvalue weighted by atomic mass is 10.1. The van der Waals surface area contributed by atoms with Gasteiger partial charge < -0.3 is 16.4 Å². The largest absolute Gasteiger partial charge is 0.382 e. The van der Waals surface area contributed by atoms with Crippen LogP contribution in [0.2, 0.25) is 0 Å². The van der Waals surface area contributed by atoms with Crippen molar-refractivity contribution in [3.63, 3.8) is 0 Å². The summed E-state index contributed by atoms with van der Waals surface area (Å²) in [7, 11) is 1.51. The van der Waals surface area contributed by atoms with Gasteiger partial charge in [0.1, 0.15) is 0 Å². The molecule has 2 aromatic carbocycles. The highest BCUT2D eigenvalue weighted by Crippen LogP contribution is 2.20. The van der Waals surface area contributed by atoms with Gasteiger partial charge in [-0.2, -0.15) is 0 Å². The Kier molecular flexibility index (Phi) is 8.02. The molecule has 0 atom stereocenters. The van der Waals surface area contributed by atoms with Crippen LogP contribution in [0.3, 0.4) is 0 Å². The molecule has 0 bridgehead atoms. The molecule has 9 nitrogen and oxygen atoms in total. The van der Waals surface area contributed by atoms with E-state index in [0.29, 0.717) is 23.4 Å². The number of nitrogen functional groups attached to an aromatic ring is 1. The number of nitrogens with one attached hydrogen (secondary N) is 2. The first-order valence-electron chi connectivity index (χ1n) is 11.8. The Morgan fingerprint density at radius 2 is 1.71 bits per heavy atom. The van der Waals surface area contributed by atoms with Gasteiger partial charge in [-0.15, -0.1) is 0 Å². The van der Waals surface area contributed by atoms with E-state index in [1.54, 1.807) is 18.2 Å². The molecule has 0 unspecified atom stereocenters. The van der Waals surface area contributed by atoms with Crippen LogP contribution in [0.4, 0.5) is 5.82 Å². The third-order valence-electron chi connectivity index (χ3n) is 6.09. The summed E-state index contributed by atoms with van der Waals surface area (Å²) in [6.07, 6.45) is 1.50. The molecule has 4 rings (SSSR count). The van der Waals surface area contributed by atoms with Crippen molar-refractivity contribution in [1.29, 1.82) is 0 Å². The summed E-state index contributed by atoms with van der Waals surface area (Å²) >= 11 is 0. The van der Waals surface area contributed by atoms with Gasteiger partial charge in [0, 0.05) is 64.0 Å². The third kappa shape index (κ3) is 6.40. The first-order chi connectivity index (χ1) is 17.0. The molecular formula is C26H31N7O2. The highest BCUT2D eigenvalue weighted by Gasteiger charge is 2.17. The number of piperazine rings is 1. The van der Waals surface area contributed by atoms with Gasteiger partial charge in [0.2, 0.25) is 0 Å². The molecule has 2 amide bonds. The minimum Gasteiger partial charge on any atom is -0.382 e. The van der Waals surface area contributed by atoms with Crippen LogP contribution < -0.4 is 16.4 Å². The molecule has 1 aliphatic heterocycles. The van der Waals surface area contributed by atoms with Crippen molar-refractivity contribution in [3.8, 4) is 11.3 Å². The molecule has 35 heavy (non-hydrogen) atoms. The van der Waals surface area contributed by atoms with Crippen LogP contribution in [0.5, 0.6) is 0 Å². The zero-order chi connectivity index (χ0) is 24.6. The fraction of sp³-hybridized carbons (Fsp3) is 0.308. The molecule has 0 aliphatic carbocycles. The predicted molar refractivity (Wildman–Crippen MR) is 136 cm³/mol. The van der Waals surface area contributed by atoms with Crippen LogP contribution in [0, 0.1) is 0 Å². The van der Waals surface area contributed by atoms with Gasteiger partial charge in [-0.25, -0.2) is 9.97 Å². The zero-order valence-electron chi connectivity index (χ0n) is 19.9. The van der Waals surface area contributed by atoms with E-state index in [1.165, 1.54) is 18.8 Å². The van der Waals surface area contributed by atoms with Crippen molar-refractivity contribution in [2.75, 3.05) is 52.0 Å². The molecule has 182 valence electrons. The van der Waals surface area contributed by atoms with Gasteiger partial charge in [0.25, 0.3) is 11.8 Å². The minimum atomic E-state index is -0.411. The van der Waals surface area contributed by atoms with Crippen molar-refractivity contribution in [3.05, 3.63) is 77.6 Å². The Morgan fingerprint density at radius 1 is 0.971 bits per heavy atom. The van der Waals surface area contributed by atoms with Crippen LogP contribution in [-0.4, -0.2) is 77.9 Å². The van der Waals surface area contributed by atoms with Gasteiger partial charge in [0.05, 0.1) is 11.9 Å². The molecule has 1 fully saturated rings. The Morgan fingerprint density at radius 3 is 2.46 bits per heavy atom. The Hall–Kier alpha value is -3.82. The summed E-state index contributed by atoms with van der Waals surface area (Å²) in [5, 5.41) is 5.51. The first-order valence-corrected chi connectivity index (χ1v) is 11.8. The van der Waals surface area contributed by atoms with E-state index in [4.69, 9.17) is 5.73 Å². The second-order valence-corrected chi connectivity index (χ2v) is 8.51. The predicted octanol–water partition coefficient (Wildman–Crippen LogP) is 1.63. The number of rotatable bonds is 8. The highest BCUT2D eigenvalue weighted by atomic mass is 16.2. The molecule has 0 spiro atoms. The van der Waals surface area contributed by atoms with Crippen molar-refractivity contribution < 1.29 is 9.59 Å². The fourth-order valence-electron chi connectivity index (χ4n) is 4.09. The molecule has 3 aromatic rings. The number of aromatic nitrogens is 2. The standard InChI is InChI=1S/C26H31N7O2/c1-28-26(35)23-24(27)30-17-22(31-23)20-8-5-9-21(16-20)25(34)29-10-11-32-12-14-33(15-13-32)18-19-6-3-2-4-7-19/h2-9,16-17H,10-15,18H2,1H3,(H2,27,30)(H,28,35)(H,29,34). The van der Waals surface area contributed by atoms with Crippen LogP contribution in [-0.2, 0) is 6.54 Å². The maximum atomic E-state index is 12.7. The van der Waals surface area contributed by atoms with E-state index in [9.17, 15) is 9.59 Å². The summed E-state index contributed by atoms with van der Waals surface area (Å²) < 4.78 is 0. The van der Waals surface area contributed by atoms with Gasteiger partial charge >= 0.3 is 0 Å². The van der Waals surface area contributed by atoms with E-state index in [0.717, 1.165) is 39.3 Å². The normalized spacial score (nSPS) is 14.4. The van der Waals surface area contributed by atoms with Gasteiger partial charge in [-0.3, -0.25) is 19.4 Å². The zero-order valence-corrected chi connectivity index (χ0v) is 19.9. The van der Waals surface area contributed by atoms with Gasteiger partial charge in [-0.1, -0.05) is 42.5 Å². The molecule has 1 aliphatic rings. The fourth-order valence-corrected chi connectivity index (χ4v) is 4.09. The number of nitrogens with two attached hydrogens (primary N) is 1. The summed E-state index contributed by atoms with van der Waals surface area (Å²) in [5.41, 5.74) is 8.85. The maximum Gasteiger partial charge on any atom is 0.273 e. The van der Waals surface area contributed by atoms with Crippen LogP contribution >= 0.6 is 0 Å². The third-order valence-corrected chi connectivity index (χ3v) is 6.09. The van der Waals surface area contributed by atoms with Crippen molar-refractivity contribution in [2.24, 2.45) is 0 Å². The second-order valence-electron chi connectivity index (χ2n) is 8.51. The number of carbonyl (C=O) groups excluding carboxylic acids is 2. The molecule has 1 saturated heterocycles. The van der Waals surface area contributed by atoms with Gasteiger partial charge in [-0.05, 0) is 17.7 Å². The quantitative estimate of drug-likeness (QED) is 0.455. The molecule has 9 heteroatoms. The molecule has 0 radical (unpaired) electrons. The summed E-state index contributed by atoms with van der Waals surface area (Å²) in [6.45, 7) is 6.37. The SMILES string of the molecule is CNC(=O)c1nc(-c2cccc(C(=O)NCCN3CCN(Cc4ccccc4)CC3)c2)cnc1N. The lowest BCUT2D eigenvalue weighted by Crippen LogP contribution is -2.48. The first kappa shape index (κ1) is 24.3. The van der Waals surface area contributed by atoms with E-state index >= 15 is 0 Å². The number of amides is 2. The van der Waals surface area contributed by atoms with Crippen LogP contribution in [0.25, 0.3) is 11.3 Å². The average molecular weight is 474 g/mol. The number of nitrogens with zero attached hydrogens (tertiary/aromatic N) is 4. The molecular weight excluding hydrogens is 442 g/mol. The lowest BCUT2D eigenvalue weighted by Gasteiger charge is -2.34. The Balaban J connectivity index is 1.27. The number of hydrogen-bond acceptors (Lipinski definition) is 7. The summed E-state index contributed by atoms with van der Waals surface area (Å²) in [5.74, 6) is -0.501. The number of anilines is 1. The lowest BCUT2D eigenvalue weighted by molar-refractivity contribution is 0.0931. The van der Waals surface area contributed by atoms with Gasteiger partial charge in [0.15, 0.2) is 11.5 Å². The number of benzene rings is 2.